The molecule has 3 heterocycles. The van der Waals surface area contributed by atoms with E-state index in [4.69, 9.17) is 9.72 Å². The molecule has 0 aliphatic heterocycles. The predicted octanol–water partition coefficient (Wildman–Crippen LogP) is 5.23. The molecule has 0 radical (unpaired) electrons. The van der Waals surface area contributed by atoms with Gasteiger partial charge < -0.3 is 14.7 Å². The van der Waals surface area contributed by atoms with Crippen LogP contribution in [0.3, 0.4) is 0 Å². The number of nitrogens with zero attached hydrogens (tertiary/aromatic N) is 3. The number of nitrogens with one attached hydrogen (secondary N) is 2. The monoisotopic (exact) mass is 425 g/mol. The second kappa shape index (κ2) is 8.46. The molecule has 0 bridgehead atoms. The molecule has 162 valence electrons. The highest BCUT2D eigenvalue weighted by Gasteiger charge is 2.09. The third kappa shape index (κ3) is 4.21. The molecule has 0 aliphatic carbocycles. The number of imidazole rings is 1. The fourth-order valence-electron chi connectivity index (χ4n) is 4.33. The molecule has 0 atom stereocenters. The summed E-state index contributed by atoms with van der Waals surface area (Å²) in [7, 11) is 1.70. The lowest BCUT2D eigenvalue weighted by Gasteiger charge is -2.07. The van der Waals surface area contributed by atoms with Crippen LogP contribution in [-0.2, 0) is 19.3 Å². The molecule has 5 rings (SSSR count). The molecule has 2 N–H and O–H groups in total. The minimum atomic E-state index is 0.784. The van der Waals surface area contributed by atoms with Gasteiger partial charge in [0.25, 0.3) is 0 Å². The SMILES string of the molecule is COc1ccc2[nH]cc(CCCc3nc(C)cc(Cc4ccc5nc(C)[nH]c5c4)n3)c2c1. The third-order valence-corrected chi connectivity index (χ3v) is 5.82. The molecule has 0 fully saturated rings. The van der Waals surface area contributed by atoms with Crippen molar-refractivity contribution in [1.29, 1.82) is 0 Å². The first-order valence-corrected chi connectivity index (χ1v) is 11.0. The molecule has 5 aromatic rings. The molecule has 0 saturated heterocycles. The van der Waals surface area contributed by atoms with Crippen molar-refractivity contribution in [2.24, 2.45) is 0 Å². The lowest BCUT2D eigenvalue weighted by molar-refractivity contribution is 0.415. The number of hydrogen-bond acceptors (Lipinski definition) is 4. The zero-order valence-electron chi connectivity index (χ0n) is 18.7. The van der Waals surface area contributed by atoms with Gasteiger partial charge in [-0.2, -0.15) is 0 Å². The number of aryl methyl sites for hydroxylation is 4. The molecular formula is C26H27N5O. The minimum Gasteiger partial charge on any atom is -0.497 e. The van der Waals surface area contributed by atoms with E-state index in [0.29, 0.717) is 0 Å². The summed E-state index contributed by atoms with van der Waals surface area (Å²) < 4.78 is 5.38. The topological polar surface area (TPSA) is 79.5 Å². The molecule has 0 unspecified atom stereocenters. The van der Waals surface area contributed by atoms with Gasteiger partial charge in [0.2, 0.25) is 0 Å². The Bertz CT molecular complexity index is 1400. The van der Waals surface area contributed by atoms with Crippen LogP contribution in [0.1, 0.15) is 40.6 Å². The summed E-state index contributed by atoms with van der Waals surface area (Å²) in [6.07, 6.45) is 5.69. The lowest BCUT2D eigenvalue weighted by Crippen LogP contribution is -2.03. The van der Waals surface area contributed by atoms with Crippen molar-refractivity contribution in [3.63, 3.8) is 0 Å². The van der Waals surface area contributed by atoms with Crippen LogP contribution in [0, 0.1) is 13.8 Å². The van der Waals surface area contributed by atoms with Gasteiger partial charge in [-0.1, -0.05) is 6.07 Å². The number of ether oxygens (including phenoxy) is 1. The minimum absolute atomic E-state index is 0.784. The van der Waals surface area contributed by atoms with Crippen LogP contribution in [0.5, 0.6) is 5.75 Å². The molecular weight excluding hydrogens is 398 g/mol. The molecule has 32 heavy (non-hydrogen) atoms. The largest absolute Gasteiger partial charge is 0.497 e. The van der Waals surface area contributed by atoms with Crippen LogP contribution in [-0.4, -0.2) is 32.0 Å². The number of methoxy groups -OCH3 is 1. The Kier molecular flexibility index (Phi) is 5.35. The maximum absolute atomic E-state index is 5.38. The van der Waals surface area contributed by atoms with E-state index in [1.807, 2.05) is 19.9 Å². The quantitative estimate of drug-likeness (QED) is 0.374. The number of hydrogen-bond donors (Lipinski definition) is 2. The number of fused-ring (bicyclic) bond motifs is 2. The first kappa shape index (κ1) is 20.2. The average molecular weight is 426 g/mol. The van der Waals surface area contributed by atoms with Gasteiger partial charge in [0.15, 0.2) is 0 Å². The molecule has 3 aromatic heterocycles. The van der Waals surface area contributed by atoms with E-state index in [2.05, 4.69) is 62.5 Å². The van der Waals surface area contributed by atoms with E-state index in [0.717, 1.165) is 71.0 Å². The third-order valence-electron chi connectivity index (χ3n) is 5.82. The molecule has 0 saturated carbocycles. The van der Waals surface area contributed by atoms with Crippen LogP contribution >= 0.6 is 0 Å². The van der Waals surface area contributed by atoms with Crippen molar-refractivity contribution in [3.05, 3.63) is 82.8 Å². The van der Waals surface area contributed by atoms with E-state index >= 15 is 0 Å². The van der Waals surface area contributed by atoms with Gasteiger partial charge in [0.05, 0.1) is 18.1 Å². The van der Waals surface area contributed by atoms with Gasteiger partial charge >= 0.3 is 0 Å². The number of aromatic amines is 2. The summed E-state index contributed by atoms with van der Waals surface area (Å²) in [6, 6.07) is 14.6. The van der Waals surface area contributed by atoms with E-state index in [-0.39, 0.29) is 0 Å². The molecule has 6 nitrogen and oxygen atoms in total. The van der Waals surface area contributed by atoms with Gasteiger partial charge in [-0.3, -0.25) is 0 Å². The Labute approximate surface area is 187 Å². The van der Waals surface area contributed by atoms with Crippen molar-refractivity contribution < 1.29 is 4.74 Å². The summed E-state index contributed by atoms with van der Waals surface area (Å²) in [5, 5.41) is 1.22. The van der Waals surface area contributed by atoms with Gasteiger partial charge in [0, 0.05) is 41.3 Å². The fraction of sp³-hybridized carbons (Fsp3) is 0.269. The fourth-order valence-corrected chi connectivity index (χ4v) is 4.33. The summed E-state index contributed by atoms with van der Waals surface area (Å²) >= 11 is 0. The second-order valence-corrected chi connectivity index (χ2v) is 8.35. The maximum atomic E-state index is 5.38. The molecule has 2 aromatic carbocycles. The van der Waals surface area contributed by atoms with Gasteiger partial charge in [-0.25, -0.2) is 15.0 Å². The van der Waals surface area contributed by atoms with Crippen LogP contribution in [0.15, 0.2) is 48.7 Å². The standard InChI is InChI=1S/C26H27N5O/c1-16-11-20(12-18-7-9-24-25(13-18)30-17(2)29-24)31-26(28-16)6-4-5-19-15-27-23-10-8-21(32-3)14-22(19)23/h7-11,13-15,27H,4-6,12H2,1-3H3,(H,29,30). The summed E-state index contributed by atoms with van der Waals surface area (Å²) in [4.78, 5) is 20.7. The van der Waals surface area contributed by atoms with E-state index in [9.17, 15) is 0 Å². The first-order chi connectivity index (χ1) is 15.6. The Morgan fingerprint density at radius 1 is 0.906 bits per heavy atom. The van der Waals surface area contributed by atoms with Crippen molar-refractivity contribution >= 4 is 21.9 Å². The smallest absolute Gasteiger partial charge is 0.128 e. The highest BCUT2D eigenvalue weighted by Crippen LogP contribution is 2.25. The molecule has 0 aliphatic rings. The molecule has 0 amide bonds. The normalized spacial score (nSPS) is 11.5. The van der Waals surface area contributed by atoms with E-state index < -0.39 is 0 Å². The Balaban J connectivity index is 1.28. The van der Waals surface area contributed by atoms with Crippen molar-refractivity contribution in [2.75, 3.05) is 7.11 Å². The number of rotatable bonds is 7. The van der Waals surface area contributed by atoms with Gasteiger partial charge in [-0.05, 0) is 74.2 Å². The second-order valence-electron chi connectivity index (χ2n) is 8.35. The zero-order chi connectivity index (χ0) is 22.1. The number of H-pyrrole nitrogens is 2. The van der Waals surface area contributed by atoms with Gasteiger partial charge in [-0.15, -0.1) is 0 Å². The van der Waals surface area contributed by atoms with Crippen LogP contribution < -0.4 is 4.74 Å². The summed E-state index contributed by atoms with van der Waals surface area (Å²) in [5.74, 6) is 2.73. The van der Waals surface area contributed by atoms with Crippen LogP contribution in [0.25, 0.3) is 21.9 Å². The first-order valence-electron chi connectivity index (χ1n) is 11.0. The Morgan fingerprint density at radius 2 is 1.81 bits per heavy atom. The van der Waals surface area contributed by atoms with Crippen molar-refractivity contribution in [1.82, 2.24) is 24.9 Å². The van der Waals surface area contributed by atoms with Crippen molar-refractivity contribution in [2.45, 2.75) is 39.5 Å². The van der Waals surface area contributed by atoms with E-state index in [1.54, 1.807) is 7.11 Å². The number of aromatic nitrogens is 5. The predicted molar refractivity (Wildman–Crippen MR) is 127 cm³/mol. The van der Waals surface area contributed by atoms with Crippen LogP contribution in [0.2, 0.25) is 0 Å². The Morgan fingerprint density at radius 3 is 2.69 bits per heavy atom. The number of benzene rings is 2. The van der Waals surface area contributed by atoms with Gasteiger partial charge in [0.1, 0.15) is 17.4 Å². The average Bonchev–Trinajstić information content (AvgIpc) is 3.35. The zero-order valence-corrected chi connectivity index (χ0v) is 18.7. The van der Waals surface area contributed by atoms with Crippen LogP contribution in [0.4, 0.5) is 0 Å². The Hall–Kier alpha value is -3.67. The summed E-state index contributed by atoms with van der Waals surface area (Å²) in [5.41, 5.74) is 7.80. The molecule has 0 spiro atoms. The molecule has 6 heteroatoms. The maximum Gasteiger partial charge on any atom is 0.128 e. The summed E-state index contributed by atoms with van der Waals surface area (Å²) in [6.45, 7) is 4.02. The highest BCUT2D eigenvalue weighted by molar-refractivity contribution is 5.84. The lowest BCUT2D eigenvalue weighted by atomic mass is 10.1. The van der Waals surface area contributed by atoms with Crippen molar-refractivity contribution in [3.8, 4) is 5.75 Å². The van der Waals surface area contributed by atoms with E-state index in [1.165, 1.54) is 16.5 Å². The highest BCUT2D eigenvalue weighted by atomic mass is 16.5.